The van der Waals surface area contributed by atoms with E-state index in [4.69, 9.17) is 9.47 Å². The van der Waals surface area contributed by atoms with E-state index in [-0.39, 0.29) is 12.1 Å². The van der Waals surface area contributed by atoms with E-state index < -0.39 is 5.97 Å². The number of rotatable bonds is 8. The molecule has 116 valence electrons. The summed E-state index contributed by atoms with van der Waals surface area (Å²) in [6, 6.07) is 1.50. The Bertz CT molecular complexity index is 539. The summed E-state index contributed by atoms with van der Waals surface area (Å²) >= 11 is 0. The van der Waals surface area contributed by atoms with Crippen molar-refractivity contribution in [1.82, 2.24) is 9.78 Å². The molecule has 0 bridgehead atoms. The minimum atomic E-state index is -0.429. The SMILES string of the molecule is CCOC(=O)/C=C/Cn1ncc(N(C)CCOC)cc1=O. The van der Waals surface area contributed by atoms with Gasteiger partial charge < -0.3 is 14.4 Å². The number of hydrogen-bond donors (Lipinski definition) is 0. The van der Waals surface area contributed by atoms with Gasteiger partial charge in [-0.1, -0.05) is 6.08 Å². The number of carbonyl (C=O) groups excluding carboxylic acids is 1. The third kappa shape index (κ3) is 5.78. The van der Waals surface area contributed by atoms with Crippen LogP contribution < -0.4 is 10.5 Å². The molecule has 1 heterocycles. The van der Waals surface area contributed by atoms with Crippen LogP contribution in [0, 0.1) is 0 Å². The van der Waals surface area contributed by atoms with Gasteiger partial charge >= 0.3 is 5.97 Å². The van der Waals surface area contributed by atoms with Gasteiger partial charge in [-0.15, -0.1) is 0 Å². The van der Waals surface area contributed by atoms with E-state index in [1.807, 2.05) is 11.9 Å². The average Bonchev–Trinajstić information content (AvgIpc) is 2.46. The molecule has 1 rings (SSSR count). The predicted octanol–water partition coefficient (Wildman–Crippen LogP) is 0.445. The first-order chi connectivity index (χ1) is 10.1. The number of ether oxygens (including phenoxy) is 2. The summed E-state index contributed by atoms with van der Waals surface area (Å²) in [6.45, 7) is 3.52. The zero-order chi connectivity index (χ0) is 15.7. The molecule has 0 saturated heterocycles. The molecule has 0 aromatic carbocycles. The lowest BCUT2D eigenvalue weighted by Gasteiger charge is -2.18. The highest BCUT2D eigenvalue weighted by atomic mass is 16.5. The second-order valence-electron chi connectivity index (χ2n) is 4.30. The fourth-order valence-electron chi connectivity index (χ4n) is 1.57. The van der Waals surface area contributed by atoms with Crippen LogP contribution in [-0.2, 0) is 20.8 Å². The van der Waals surface area contributed by atoms with Crippen LogP contribution in [0.2, 0.25) is 0 Å². The van der Waals surface area contributed by atoms with Crippen LogP contribution in [0.1, 0.15) is 6.92 Å². The molecule has 0 fully saturated rings. The van der Waals surface area contributed by atoms with E-state index >= 15 is 0 Å². The first-order valence-corrected chi connectivity index (χ1v) is 6.69. The van der Waals surface area contributed by atoms with E-state index in [9.17, 15) is 9.59 Å². The Morgan fingerprint density at radius 3 is 2.90 bits per heavy atom. The largest absolute Gasteiger partial charge is 0.463 e. The lowest BCUT2D eigenvalue weighted by molar-refractivity contribution is -0.137. The Kier molecular flexibility index (Phi) is 7.17. The van der Waals surface area contributed by atoms with Gasteiger partial charge in [0.2, 0.25) is 0 Å². The minimum Gasteiger partial charge on any atom is -0.463 e. The Morgan fingerprint density at radius 1 is 1.52 bits per heavy atom. The molecule has 21 heavy (non-hydrogen) atoms. The number of aromatic nitrogens is 2. The van der Waals surface area contributed by atoms with Crippen molar-refractivity contribution in [2.75, 3.05) is 38.8 Å². The molecule has 1 aromatic rings. The number of methoxy groups -OCH3 is 1. The van der Waals surface area contributed by atoms with E-state index in [2.05, 4.69) is 5.10 Å². The van der Waals surface area contributed by atoms with Gasteiger partial charge in [0.1, 0.15) is 0 Å². The molecule has 0 atom stereocenters. The summed E-state index contributed by atoms with van der Waals surface area (Å²) in [5.41, 5.74) is 0.493. The van der Waals surface area contributed by atoms with Crippen molar-refractivity contribution in [3.05, 3.63) is 34.8 Å². The average molecular weight is 295 g/mol. The quantitative estimate of drug-likeness (QED) is 0.512. The summed E-state index contributed by atoms with van der Waals surface area (Å²) < 4.78 is 11.0. The smallest absolute Gasteiger partial charge is 0.330 e. The van der Waals surface area contributed by atoms with E-state index in [0.717, 1.165) is 5.69 Å². The third-order valence-electron chi connectivity index (χ3n) is 2.75. The highest BCUT2D eigenvalue weighted by Gasteiger charge is 2.04. The van der Waals surface area contributed by atoms with Gasteiger partial charge in [0.25, 0.3) is 5.56 Å². The van der Waals surface area contributed by atoms with Crippen LogP contribution in [0.4, 0.5) is 5.69 Å². The second kappa shape index (κ2) is 8.91. The molecule has 0 aliphatic heterocycles. The van der Waals surface area contributed by atoms with Gasteiger partial charge in [-0.25, -0.2) is 9.48 Å². The minimum absolute atomic E-state index is 0.222. The third-order valence-corrected chi connectivity index (χ3v) is 2.75. The van der Waals surface area contributed by atoms with Crippen molar-refractivity contribution < 1.29 is 14.3 Å². The molecule has 7 heteroatoms. The molecule has 0 aliphatic carbocycles. The fourth-order valence-corrected chi connectivity index (χ4v) is 1.57. The van der Waals surface area contributed by atoms with E-state index in [1.165, 1.54) is 16.8 Å². The Hall–Kier alpha value is -2.15. The lowest BCUT2D eigenvalue weighted by Crippen LogP contribution is -2.27. The molecule has 0 aliphatic rings. The molecule has 0 N–H and O–H groups in total. The number of likely N-dealkylation sites (N-methyl/N-ethyl adjacent to an activating group) is 1. The van der Waals surface area contributed by atoms with Crippen molar-refractivity contribution in [2.45, 2.75) is 13.5 Å². The zero-order valence-corrected chi connectivity index (χ0v) is 12.6. The molecular formula is C14H21N3O4. The number of allylic oxidation sites excluding steroid dienone is 1. The second-order valence-corrected chi connectivity index (χ2v) is 4.30. The molecule has 7 nitrogen and oxygen atoms in total. The van der Waals surface area contributed by atoms with Gasteiger partial charge in [0, 0.05) is 32.8 Å². The maximum Gasteiger partial charge on any atom is 0.330 e. The summed E-state index contributed by atoms with van der Waals surface area (Å²) in [4.78, 5) is 24.9. The van der Waals surface area contributed by atoms with Gasteiger partial charge in [0.05, 0.1) is 31.6 Å². The van der Waals surface area contributed by atoms with E-state index in [1.54, 1.807) is 26.3 Å². The Balaban J connectivity index is 2.66. The van der Waals surface area contributed by atoms with Crippen LogP contribution in [0.3, 0.4) is 0 Å². The number of nitrogens with zero attached hydrogens (tertiary/aromatic N) is 3. The number of anilines is 1. The fraction of sp³-hybridized carbons (Fsp3) is 0.500. The van der Waals surface area contributed by atoms with Gasteiger partial charge in [0.15, 0.2) is 0 Å². The first-order valence-electron chi connectivity index (χ1n) is 6.69. The summed E-state index contributed by atoms with van der Waals surface area (Å²) in [6.07, 6.45) is 4.44. The highest BCUT2D eigenvalue weighted by molar-refractivity contribution is 5.81. The molecule has 0 saturated carbocycles. The lowest BCUT2D eigenvalue weighted by atomic mass is 10.4. The summed E-state index contributed by atoms with van der Waals surface area (Å²) in [5, 5.41) is 4.07. The number of esters is 1. The Labute approximate surface area is 123 Å². The van der Waals surface area contributed by atoms with Gasteiger partial charge in [-0.05, 0) is 6.92 Å². The normalized spacial score (nSPS) is 10.8. The van der Waals surface area contributed by atoms with Crippen molar-refractivity contribution in [2.24, 2.45) is 0 Å². The molecule has 0 spiro atoms. The molecule has 0 amide bonds. The Morgan fingerprint density at radius 2 is 2.29 bits per heavy atom. The molecule has 1 aromatic heterocycles. The van der Waals surface area contributed by atoms with Crippen molar-refractivity contribution in [1.29, 1.82) is 0 Å². The van der Waals surface area contributed by atoms with Crippen molar-refractivity contribution >= 4 is 11.7 Å². The molecular weight excluding hydrogens is 274 g/mol. The van der Waals surface area contributed by atoms with Gasteiger partial charge in [-0.3, -0.25) is 4.79 Å². The molecule has 0 radical (unpaired) electrons. The van der Waals surface area contributed by atoms with Crippen molar-refractivity contribution in [3.63, 3.8) is 0 Å². The van der Waals surface area contributed by atoms with Crippen LogP contribution >= 0.6 is 0 Å². The van der Waals surface area contributed by atoms with Crippen LogP contribution in [0.5, 0.6) is 0 Å². The van der Waals surface area contributed by atoms with E-state index in [0.29, 0.717) is 19.8 Å². The predicted molar refractivity (Wildman–Crippen MR) is 79.4 cm³/mol. The van der Waals surface area contributed by atoms with Crippen LogP contribution in [0.15, 0.2) is 29.2 Å². The number of hydrogen-bond acceptors (Lipinski definition) is 6. The first kappa shape index (κ1) is 16.9. The number of carbonyl (C=O) groups is 1. The zero-order valence-electron chi connectivity index (χ0n) is 12.6. The molecule has 0 unspecified atom stereocenters. The maximum atomic E-state index is 11.9. The highest BCUT2D eigenvalue weighted by Crippen LogP contribution is 2.06. The summed E-state index contributed by atoms with van der Waals surface area (Å²) in [5.74, 6) is -0.429. The summed E-state index contributed by atoms with van der Waals surface area (Å²) in [7, 11) is 3.49. The topological polar surface area (TPSA) is 73.7 Å². The monoisotopic (exact) mass is 295 g/mol. The van der Waals surface area contributed by atoms with Gasteiger partial charge in [-0.2, -0.15) is 5.10 Å². The standard InChI is InChI=1S/C14H21N3O4/c1-4-21-14(19)6-5-7-17-13(18)10-12(11-15-17)16(2)8-9-20-3/h5-6,10-11H,4,7-9H2,1-3H3/b6-5+. The maximum absolute atomic E-state index is 11.9. The van der Waals surface area contributed by atoms with Crippen LogP contribution in [-0.4, -0.2) is 49.7 Å². The van der Waals surface area contributed by atoms with Crippen LogP contribution in [0.25, 0.3) is 0 Å². The van der Waals surface area contributed by atoms with Crippen molar-refractivity contribution in [3.8, 4) is 0 Å².